The van der Waals surface area contributed by atoms with E-state index in [0.29, 0.717) is 16.7 Å². The SMILES string of the molecule is CC[C@@H]1CCc2sc(C(=O)OCC(=O)Nc3nnc(-c4ccccc4)o3)cc2C1. The third-order valence-corrected chi connectivity index (χ3v) is 6.21. The molecule has 2 heterocycles. The van der Waals surface area contributed by atoms with Gasteiger partial charge in [-0.15, -0.1) is 16.4 Å². The molecule has 0 spiro atoms. The predicted molar refractivity (Wildman–Crippen MR) is 109 cm³/mol. The fourth-order valence-corrected chi connectivity index (χ4v) is 4.48. The molecule has 1 aliphatic rings. The molecule has 8 heteroatoms. The van der Waals surface area contributed by atoms with Crippen molar-refractivity contribution in [2.45, 2.75) is 32.6 Å². The Morgan fingerprint density at radius 1 is 1.28 bits per heavy atom. The van der Waals surface area contributed by atoms with Gasteiger partial charge in [0, 0.05) is 10.4 Å². The van der Waals surface area contributed by atoms with Crippen molar-refractivity contribution in [3.63, 3.8) is 0 Å². The number of benzene rings is 1. The fourth-order valence-electron chi connectivity index (χ4n) is 3.38. The number of carbonyl (C=O) groups is 2. The van der Waals surface area contributed by atoms with Gasteiger partial charge in [-0.05, 0) is 48.9 Å². The van der Waals surface area contributed by atoms with Crippen LogP contribution < -0.4 is 5.32 Å². The number of hydrogen-bond donors (Lipinski definition) is 1. The summed E-state index contributed by atoms with van der Waals surface area (Å²) in [6.07, 6.45) is 4.33. The van der Waals surface area contributed by atoms with Gasteiger partial charge in [-0.1, -0.05) is 36.6 Å². The first-order chi connectivity index (χ1) is 14.1. The highest BCUT2D eigenvalue weighted by Crippen LogP contribution is 2.33. The van der Waals surface area contributed by atoms with Crippen molar-refractivity contribution < 1.29 is 18.7 Å². The van der Waals surface area contributed by atoms with Crippen LogP contribution in [0.25, 0.3) is 11.5 Å². The van der Waals surface area contributed by atoms with Gasteiger partial charge in [0.25, 0.3) is 5.91 Å². The summed E-state index contributed by atoms with van der Waals surface area (Å²) in [6, 6.07) is 11.1. The van der Waals surface area contributed by atoms with Crippen molar-refractivity contribution in [1.29, 1.82) is 0 Å². The Morgan fingerprint density at radius 3 is 2.90 bits per heavy atom. The Bertz CT molecular complexity index is 1010. The molecular formula is C21H21N3O4S. The number of carbonyl (C=O) groups excluding carboxylic acids is 2. The number of hydrogen-bond acceptors (Lipinski definition) is 7. The van der Waals surface area contributed by atoms with E-state index in [4.69, 9.17) is 9.15 Å². The van der Waals surface area contributed by atoms with Crippen LogP contribution in [0.2, 0.25) is 0 Å². The van der Waals surface area contributed by atoms with Gasteiger partial charge in [-0.2, -0.15) is 0 Å². The third-order valence-electron chi connectivity index (χ3n) is 4.99. The van der Waals surface area contributed by atoms with E-state index < -0.39 is 18.5 Å². The number of amides is 1. The molecular weight excluding hydrogens is 390 g/mol. The van der Waals surface area contributed by atoms with Crippen molar-refractivity contribution in [3.8, 4) is 11.5 Å². The highest BCUT2D eigenvalue weighted by atomic mass is 32.1. The van der Waals surface area contributed by atoms with Crippen LogP contribution in [0.1, 0.15) is 39.9 Å². The number of aryl methyl sites for hydroxylation is 1. The number of thiophene rings is 1. The first kappa shape index (κ1) is 19.3. The van der Waals surface area contributed by atoms with Crippen LogP contribution in [-0.2, 0) is 22.4 Å². The van der Waals surface area contributed by atoms with E-state index in [-0.39, 0.29) is 6.01 Å². The van der Waals surface area contributed by atoms with Crippen molar-refractivity contribution in [3.05, 3.63) is 51.7 Å². The van der Waals surface area contributed by atoms with E-state index in [9.17, 15) is 9.59 Å². The first-order valence-corrected chi connectivity index (χ1v) is 10.4. The second-order valence-electron chi connectivity index (χ2n) is 6.98. The molecule has 0 saturated carbocycles. The predicted octanol–water partition coefficient (Wildman–Crippen LogP) is 4.11. The maximum Gasteiger partial charge on any atom is 0.348 e. The van der Waals surface area contributed by atoms with Gasteiger partial charge in [0.05, 0.1) is 0 Å². The Labute approximate surface area is 172 Å². The van der Waals surface area contributed by atoms with E-state index in [1.807, 2.05) is 36.4 Å². The second-order valence-corrected chi connectivity index (χ2v) is 8.12. The lowest BCUT2D eigenvalue weighted by molar-refractivity contribution is -0.119. The Morgan fingerprint density at radius 2 is 2.10 bits per heavy atom. The molecule has 0 fully saturated rings. The summed E-state index contributed by atoms with van der Waals surface area (Å²) in [4.78, 5) is 26.2. The fraction of sp³-hybridized carbons (Fsp3) is 0.333. The lowest BCUT2D eigenvalue weighted by atomic mass is 9.87. The molecule has 0 aliphatic heterocycles. The van der Waals surface area contributed by atoms with Gasteiger partial charge < -0.3 is 9.15 Å². The maximum atomic E-state index is 12.3. The van der Waals surface area contributed by atoms with Crippen molar-refractivity contribution in [2.75, 3.05) is 11.9 Å². The number of aromatic nitrogens is 2. The normalized spacial score (nSPS) is 15.6. The van der Waals surface area contributed by atoms with Gasteiger partial charge in [-0.25, -0.2) is 4.79 Å². The van der Waals surface area contributed by atoms with Crippen LogP contribution in [0, 0.1) is 5.92 Å². The molecule has 1 atom stereocenters. The monoisotopic (exact) mass is 411 g/mol. The van der Waals surface area contributed by atoms with Crippen molar-refractivity contribution >= 4 is 29.2 Å². The highest BCUT2D eigenvalue weighted by Gasteiger charge is 2.23. The molecule has 29 heavy (non-hydrogen) atoms. The molecule has 4 rings (SSSR count). The first-order valence-electron chi connectivity index (χ1n) is 9.60. The summed E-state index contributed by atoms with van der Waals surface area (Å²) >= 11 is 1.47. The minimum atomic E-state index is -0.533. The van der Waals surface area contributed by atoms with Crippen LogP contribution in [-0.4, -0.2) is 28.7 Å². The third kappa shape index (κ3) is 4.54. The number of nitrogens with zero attached hydrogens (tertiary/aromatic N) is 2. The standard InChI is InChI=1S/C21H21N3O4S/c1-2-13-8-9-16-15(10-13)11-17(29-16)20(26)27-12-18(25)22-21-24-23-19(28-21)14-6-4-3-5-7-14/h3-7,11,13H,2,8-10,12H2,1H3,(H,22,24,25)/t13-/m1/s1. The van der Waals surface area contributed by atoms with Gasteiger partial charge >= 0.3 is 12.0 Å². The molecule has 150 valence electrons. The molecule has 1 aromatic carbocycles. The smallest absolute Gasteiger partial charge is 0.348 e. The summed E-state index contributed by atoms with van der Waals surface area (Å²) in [5.74, 6) is -0.0357. The number of rotatable bonds is 6. The molecule has 0 radical (unpaired) electrons. The minimum absolute atomic E-state index is 0.0397. The van der Waals surface area contributed by atoms with Gasteiger partial charge in [0.1, 0.15) is 4.88 Å². The Kier molecular flexibility index (Phi) is 5.71. The van der Waals surface area contributed by atoms with E-state index in [1.165, 1.54) is 21.8 Å². The summed E-state index contributed by atoms with van der Waals surface area (Å²) in [5.41, 5.74) is 1.99. The molecule has 1 amide bonds. The summed E-state index contributed by atoms with van der Waals surface area (Å²) in [6.45, 7) is 1.78. The summed E-state index contributed by atoms with van der Waals surface area (Å²) in [5, 5.41) is 10.1. The molecule has 3 aromatic rings. The van der Waals surface area contributed by atoms with E-state index in [2.05, 4.69) is 22.4 Å². The molecule has 1 N–H and O–H groups in total. The average molecular weight is 411 g/mol. The largest absolute Gasteiger partial charge is 0.451 e. The topological polar surface area (TPSA) is 94.3 Å². The average Bonchev–Trinajstić information content (AvgIpc) is 3.39. The molecule has 2 aromatic heterocycles. The van der Waals surface area contributed by atoms with E-state index in [1.54, 1.807) is 0 Å². The lowest BCUT2D eigenvalue weighted by Gasteiger charge is -2.19. The number of ether oxygens (including phenoxy) is 1. The number of anilines is 1. The highest BCUT2D eigenvalue weighted by molar-refractivity contribution is 7.14. The quantitative estimate of drug-likeness (QED) is 0.614. The number of esters is 1. The Balaban J connectivity index is 1.30. The minimum Gasteiger partial charge on any atom is -0.451 e. The van der Waals surface area contributed by atoms with Crippen LogP contribution in [0.3, 0.4) is 0 Å². The zero-order valence-electron chi connectivity index (χ0n) is 16.0. The van der Waals surface area contributed by atoms with Crippen LogP contribution in [0.4, 0.5) is 6.01 Å². The zero-order valence-corrected chi connectivity index (χ0v) is 16.8. The van der Waals surface area contributed by atoms with Gasteiger partial charge in [0.2, 0.25) is 5.89 Å². The van der Waals surface area contributed by atoms with Crippen LogP contribution in [0.5, 0.6) is 0 Å². The number of nitrogens with one attached hydrogen (secondary N) is 1. The Hall–Kier alpha value is -3.00. The van der Waals surface area contributed by atoms with Crippen LogP contribution >= 0.6 is 11.3 Å². The van der Waals surface area contributed by atoms with E-state index in [0.717, 1.165) is 31.2 Å². The molecule has 1 aliphatic carbocycles. The van der Waals surface area contributed by atoms with Gasteiger partial charge in [-0.3, -0.25) is 10.1 Å². The summed E-state index contributed by atoms with van der Waals surface area (Å²) < 4.78 is 10.6. The maximum absolute atomic E-state index is 12.3. The zero-order chi connectivity index (χ0) is 20.2. The van der Waals surface area contributed by atoms with Gasteiger partial charge in [0.15, 0.2) is 6.61 Å². The number of fused-ring (bicyclic) bond motifs is 1. The van der Waals surface area contributed by atoms with Crippen LogP contribution in [0.15, 0.2) is 40.8 Å². The lowest BCUT2D eigenvalue weighted by Crippen LogP contribution is -2.20. The molecule has 0 bridgehead atoms. The van der Waals surface area contributed by atoms with Crippen molar-refractivity contribution in [1.82, 2.24) is 10.2 Å². The molecule has 0 saturated heterocycles. The second kappa shape index (κ2) is 8.57. The summed E-state index contributed by atoms with van der Waals surface area (Å²) in [7, 11) is 0. The molecule has 7 nitrogen and oxygen atoms in total. The molecule has 0 unspecified atom stereocenters. The van der Waals surface area contributed by atoms with Crippen molar-refractivity contribution in [2.24, 2.45) is 5.92 Å². The van der Waals surface area contributed by atoms with E-state index >= 15 is 0 Å².